The number of sulfonamides is 1. The van der Waals surface area contributed by atoms with Crippen molar-refractivity contribution in [1.82, 2.24) is 9.46 Å². The van der Waals surface area contributed by atoms with Gasteiger partial charge in [-0.2, -0.15) is 4.31 Å². The molecular weight excluding hydrogens is 373 g/mol. The van der Waals surface area contributed by atoms with Crippen molar-refractivity contribution in [2.24, 2.45) is 0 Å². The van der Waals surface area contributed by atoms with E-state index in [9.17, 15) is 8.42 Å². The highest BCUT2D eigenvalue weighted by atomic mass is 35.5. The van der Waals surface area contributed by atoms with Crippen molar-refractivity contribution in [1.29, 1.82) is 0 Å². The van der Waals surface area contributed by atoms with Gasteiger partial charge in [-0.25, -0.2) is 8.42 Å². The lowest BCUT2D eigenvalue weighted by Crippen LogP contribution is -2.48. The molecule has 1 aromatic heterocycles. The molecule has 0 radical (unpaired) electrons. The average molecular weight is 390 g/mol. The van der Waals surface area contributed by atoms with Crippen molar-refractivity contribution in [3.05, 3.63) is 39.7 Å². The molecule has 1 saturated heterocycles. The second-order valence-electron chi connectivity index (χ2n) is 5.62. The van der Waals surface area contributed by atoms with E-state index in [1.54, 1.807) is 19.9 Å². The van der Waals surface area contributed by atoms with Gasteiger partial charge in [-0.3, -0.25) is 0 Å². The molecule has 0 N–H and O–H groups in total. The molecule has 24 heavy (non-hydrogen) atoms. The Morgan fingerprint density at radius 1 is 1.12 bits per heavy atom. The van der Waals surface area contributed by atoms with Gasteiger partial charge < -0.3 is 9.42 Å². The second kappa shape index (κ2) is 6.55. The van der Waals surface area contributed by atoms with Crippen LogP contribution in [0.1, 0.15) is 11.5 Å². The summed E-state index contributed by atoms with van der Waals surface area (Å²) in [4.78, 5) is 2.20. The maximum absolute atomic E-state index is 12.8. The van der Waals surface area contributed by atoms with Crippen LogP contribution in [0, 0.1) is 13.8 Å². The minimum Gasteiger partial charge on any atom is -0.368 e. The molecule has 0 unspecified atom stereocenters. The molecule has 0 aliphatic carbocycles. The Morgan fingerprint density at radius 3 is 2.38 bits per heavy atom. The molecule has 0 spiro atoms. The third kappa shape index (κ3) is 3.01. The summed E-state index contributed by atoms with van der Waals surface area (Å²) in [6.07, 6.45) is 0. The van der Waals surface area contributed by atoms with E-state index in [1.807, 2.05) is 17.0 Å². The predicted molar refractivity (Wildman–Crippen MR) is 93.4 cm³/mol. The Hall–Kier alpha value is -1.28. The van der Waals surface area contributed by atoms with Crippen LogP contribution < -0.4 is 4.90 Å². The largest absolute Gasteiger partial charge is 0.368 e. The van der Waals surface area contributed by atoms with Crippen LogP contribution in [0.15, 0.2) is 27.6 Å². The Kier molecular flexibility index (Phi) is 4.79. The molecule has 2 aromatic rings. The summed E-state index contributed by atoms with van der Waals surface area (Å²) in [5, 5.41) is 4.71. The van der Waals surface area contributed by atoms with E-state index in [1.165, 1.54) is 4.31 Å². The van der Waals surface area contributed by atoms with Crippen LogP contribution in [0.4, 0.5) is 5.69 Å². The number of halogens is 2. The monoisotopic (exact) mass is 389 g/mol. The zero-order chi connectivity index (χ0) is 17.5. The number of piperazine rings is 1. The van der Waals surface area contributed by atoms with Gasteiger partial charge in [-0.15, -0.1) is 0 Å². The van der Waals surface area contributed by atoms with Crippen LogP contribution in [0.5, 0.6) is 0 Å². The fourth-order valence-electron chi connectivity index (χ4n) is 2.88. The van der Waals surface area contributed by atoms with Crippen LogP contribution in [0.3, 0.4) is 0 Å². The van der Waals surface area contributed by atoms with Crippen LogP contribution in [-0.2, 0) is 10.0 Å². The van der Waals surface area contributed by atoms with E-state index in [-0.39, 0.29) is 4.90 Å². The quantitative estimate of drug-likeness (QED) is 0.806. The summed E-state index contributed by atoms with van der Waals surface area (Å²) in [5.41, 5.74) is 1.20. The molecule has 1 aromatic carbocycles. The topological polar surface area (TPSA) is 66.7 Å². The van der Waals surface area contributed by atoms with E-state index >= 15 is 0 Å². The summed E-state index contributed by atoms with van der Waals surface area (Å²) in [5.74, 6) is 0.313. The molecule has 9 heteroatoms. The normalized spacial score (nSPS) is 16.6. The smallest absolute Gasteiger partial charge is 0.248 e. The minimum absolute atomic E-state index is 0.164. The highest BCUT2D eigenvalue weighted by Gasteiger charge is 2.33. The van der Waals surface area contributed by atoms with Gasteiger partial charge in [0.2, 0.25) is 10.0 Å². The van der Waals surface area contributed by atoms with Crippen molar-refractivity contribution >= 4 is 38.9 Å². The summed E-state index contributed by atoms with van der Waals surface area (Å²) in [7, 11) is -3.61. The average Bonchev–Trinajstić information content (AvgIpc) is 2.89. The third-order valence-corrected chi connectivity index (χ3v) is 7.03. The van der Waals surface area contributed by atoms with Gasteiger partial charge in [0.25, 0.3) is 0 Å². The molecule has 6 nitrogen and oxygen atoms in total. The molecule has 2 heterocycles. The van der Waals surface area contributed by atoms with Crippen molar-refractivity contribution in [3.8, 4) is 0 Å². The summed E-state index contributed by atoms with van der Waals surface area (Å²) < 4.78 is 32.1. The van der Waals surface area contributed by atoms with Crippen molar-refractivity contribution in [2.75, 3.05) is 31.1 Å². The van der Waals surface area contributed by atoms with E-state index < -0.39 is 10.0 Å². The molecular formula is C15H17Cl2N3O3S. The van der Waals surface area contributed by atoms with Gasteiger partial charge >= 0.3 is 0 Å². The SMILES string of the molecule is Cc1noc(C)c1S(=O)(=O)N1CCN(c2cccc(Cl)c2Cl)CC1. The maximum Gasteiger partial charge on any atom is 0.248 e. The maximum atomic E-state index is 12.8. The Bertz CT molecular complexity index is 839. The summed E-state index contributed by atoms with van der Waals surface area (Å²) in [6, 6.07) is 5.44. The summed E-state index contributed by atoms with van der Waals surface area (Å²) in [6.45, 7) is 5.01. The molecule has 0 saturated carbocycles. The first-order valence-corrected chi connectivity index (χ1v) is 9.64. The number of aryl methyl sites for hydroxylation is 2. The summed E-state index contributed by atoms with van der Waals surface area (Å²) >= 11 is 12.3. The molecule has 0 amide bonds. The van der Waals surface area contributed by atoms with E-state index in [4.69, 9.17) is 27.7 Å². The van der Waals surface area contributed by atoms with Gasteiger partial charge in [0, 0.05) is 26.2 Å². The van der Waals surface area contributed by atoms with Crippen LogP contribution in [-0.4, -0.2) is 44.1 Å². The lowest BCUT2D eigenvalue weighted by Gasteiger charge is -2.35. The molecule has 3 rings (SSSR count). The molecule has 130 valence electrons. The van der Waals surface area contributed by atoms with Crippen molar-refractivity contribution in [3.63, 3.8) is 0 Å². The fourth-order valence-corrected chi connectivity index (χ4v) is 5.01. The zero-order valence-corrected chi connectivity index (χ0v) is 15.6. The van der Waals surface area contributed by atoms with Gasteiger partial charge in [0.1, 0.15) is 10.6 Å². The molecule has 1 aliphatic heterocycles. The van der Waals surface area contributed by atoms with Crippen LogP contribution >= 0.6 is 23.2 Å². The highest BCUT2D eigenvalue weighted by Crippen LogP contribution is 2.33. The number of hydrogen-bond acceptors (Lipinski definition) is 5. The van der Waals surface area contributed by atoms with Gasteiger partial charge in [0.15, 0.2) is 5.76 Å². The van der Waals surface area contributed by atoms with Crippen molar-refractivity contribution in [2.45, 2.75) is 18.7 Å². The second-order valence-corrected chi connectivity index (χ2v) is 8.28. The number of rotatable bonds is 3. The first kappa shape index (κ1) is 17.5. The van der Waals surface area contributed by atoms with Crippen LogP contribution in [0.25, 0.3) is 0 Å². The Morgan fingerprint density at radius 2 is 1.79 bits per heavy atom. The lowest BCUT2D eigenvalue weighted by atomic mass is 10.2. The van der Waals surface area contributed by atoms with Gasteiger partial charge in [-0.1, -0.05) is 34.4 Å². The highest BCUT2D eigenvalue weighted by molar-refractivity contribution is 7.89. The number of nitrogens with zero attached hydrogens (tertiary/aromatic N) is 3. The zero-order valence-electron chi connectivity index (χ0n) is 13.3. The fraction of sp³-hybridized carbons (Fsp3) is 0.400. The van der Waals surface area contributed by atoms with Crippen LogP contribution in [0.2, 0.25) is 10.0 Å². The third-order valence-electron chi connectivity index (χ3n) is 4.08. The number of anilines is 1. The van der Waals surface area contributed by atoms with Gasteiger partial charge in [-0.05, 0) is 26.0 Å². The van der Waals surface area contributed by atoms with Crippen molar-refractivity contribution < 1.29 is 12.9 Å². The molecule has 0 atom stereocenters. The minimum atomic E-state index is -3.61. The first-order chi connectivity index (χ1) is 11.3. The molecule has 1 fully saturated rings. The van der Waals surface area contributed by atoms with E-state index in [0.717, 1.165) is 5.69 Å². The number of hydrogen-bond donors (Lipinski definition) is 0. The van der Waals surface area contributed by atoms with Gasteiger partial charge in [0.05, 0.1) is 15.7 Å². The van der Waals surface area contributed by atoms with E-state index in [0.29, 0.717) is 47.7 Å². The Labute approximate surface area is 151 Å². The Balaban J connectivity index is 1.79. The molecule has 1 aliphatic rings. The number of aromatic nitrogens is 1. The number of benzene rings is 1. The lowest BCUT2D eigenvalue weighted by molar-refractivity contribution is 0.378. The predicted octanol–water partition coefficient (Wildman–Crippen LogP) is 3.11. The molecule has 0 bridgehead atoms. The van der Waals surface area contributed by atoms with E-state index in [2.05, 4.69) is 5.16 Å². The standard InChI is InChI=1S/C15H17Cl2N3O3S/c1-10-15(11(2)23-18-10)24(21,22)20-8-6-19(7-9-20)13-5-3-4-12(16)14(13)17/h3-5H,6-9H2,1-2H3. The first-order valence-electron chi connectivity index (χ1n) is 7.44.